The molecule has 1 aromatic heterocycles. The number of fused-ring (bicyclic) bond motifs is 1. The van der Waals surface area contributed by atoms with Crippen LogP contribution in [0.25, 0.3) is 10.9 Å². The molecule has 0 unspecified atom stereocenters. The first-order valence-electron chi connectivity index (χ1n) is 11.6. The zero-order valence-corrected chi connectivity index (χ0v) is 17.8. The van der Waals surface area contributed by atoms with Crippen LogP contribution in [-0.2, 0) is 16.1 Å². The fourth-order valence-electron chi connectivity index (χ4n) is 7.55. The van der Waals surface area contributed by atoms with E-state index in [9.17, 15) is 9.90 Å². The Labute approximate surface area is 178 Å². The third-order valence-corrected chi connectivity index (χ3v) is 8.30. The summed E-state index contributed by atoms with van der Waals surface area (Å²) in [6.45, 7) is 1.22. The molecule has 1 aliphatic heterocycles. The molecule has 4 bridgehead atoms. The lowest BCUT2D eigenvalue weighted by Crippen LogP contribution is -2.52. The second-order valence-electron chi connectivity index (χ2n) is 11.0. The maximum absolute atomic E-state index is 13.2. The van der Waals surface area contributed by atoms with Gasteiger partial charge in [-0.25, -0.2) is 0 Å². The molecular weight excluding hydrogens is 375 g/mol. The Balaban J connectivity index is 1.25. The third kappa shape index (κ3) is 3.11. The van der Waals surface area contributed by atoms with Gasteiger partial charge in [0.05, 0.1) is 25.4 Å². The fraction of sp³-hybridized carbons (Fsp3) is 0.625. The fourth-order valence-corrected chi connectivity index (χ4v) is 7.55. The number of carbonyl (C=O) groups is 1. The SMILES string of the molecule is Bc1cccc2c1c(NC(=O)CC13CC4CC(CC(C4)C1)C3)cn2CC1(O)COC1. The highest BCUT2D eigenvalue weighted by Gasteiger charge is 2.51. The van der Waals surface area contributed by atoms with E-state index in [-0.39, 0.29) is 11.3 Å². The van der Waals surface area contributed by atoms with Crippen LogP contribution in [0, 0.1) is 23.2 Å². The summed E-state index contributed by atoms with van der Waals surface area (Å²) in [5.41, 5.74) is 2.51. The van der Waals surface area contributed by atoms with Crippen molar-refractivity contribution in [3.8, 4) is 0 Å². The van der Waals surface area contributed by atoms with Crippen molar-refractivity contribution in [2.75, 3.05) is 18.5 Å². The monoisotopic (exact) mass is 406 g/mol. The normalized spacial score (nSPS) is 33.6. The summed E-state index contributed by atoms with van der Waals surface area (Å²) in [5.74, 6) is 2.74. The van der Waals surface area contributed by atoms with Gasteiger partial charge >= 0.3 is 0 Å². The number of benzene rings is 1. The molecule has 1 saturated heterocycles. The van der Waals surface area contributed by atoms with E-state index in [0.717, 1.165) is 39.8 Å². The van der Waals surface area contributed by atoms with Crippen molar-refractivity contribution in [1.82, 2.24) is 4.57 Å². The van der Waals surface area contributed by atoms with Gasteiger partial charge in [0.15, 0.2) is 0 Å². The van der Waals surface area contributed by atoms with Crippen molar-refractivity contribution in [3.63, 3.8) is 0 Å². The van der Waals surface area contributed by atoms with E-state index in [2.05, 4.69) is 29.9 Å². The molecule has 4 saturated carbocycles. The molecule has 158 valence electrons. The van der Waals surface area contributed by atoms with Gasteiger partial charge in [-0.3, -0.25) is 4.79 Å². The molecule has 5 nitrogen and oxygen atoms in total. The highest BCUT2D eigenvalue weighted by molar-refractivity contribution is 6.40. The molecule has 5 aliphatic rings. The van der Waals surface area contributed by atoms with E-state index < -0.39 is 5.60 Å². The minimum atomic E-state index is -0.809. The second-order valence-corrected chi connectivity index (χ2v) is 11.0. The van der Waals surface area contributed by atoms with Gasteiger partial charge < -0.3 is 19.7 Å². The van der Waals surface area contributed by atoms with Gasteiger partial charge in [-0.2, -0.15) is 0 Å². The largest absolute Gasteiger partial charge is 0.383 e. The van der Waals surface area contributed by atoms with E-state index in [1.165, 1.54) is 38.5 Å². The van der Waals surface area contributed by atoms with E-state index in [4.69, 9.17) is 4.74 Å². The Hall–Kier alpha value is -1.79. The number of ether oxygens (including phenoxy) is 1. The Kier molecular flexibility index (Phi) is 4.17. The Morgan fingerprint density at radius 1 is 1.17 bits per heavy atom. The zero-order chi connectivity index (χ0) is 20.5. The lowest BCUT2D eigenvalue weighted by molar-refractivity contribution is -0.184. The molecule has 30 heavy (non-hydrogen) atoms. The van der Waals surface area contributed by atoms with Crippen molar-refractivity contribution in [2.45, 2.75) is 57.1 Å². The highest BCUT2D eigenvalue weighted by atomic mass is 16.5. The summed E-state index contributed by atoms with van der Waals surface area (Å²) < 4.78 is 7.29. The molecule has 4 aliphatic carbocycles. The molecule has 2 aromatic rings. The summed E-state index contributed by atoms with van der Waals surface area (Å²) >= 11 is 0. The van der Waals surface area contributed by atoms with Crippen LogP contribution in [0.2, 0.25) is 0 Å². The molecule has 6 heteroatoms. The average molecular weight is 406 g/mol. The van der Waals surface area contributed by atoms with Crippen LogP contribution in [0.3, 0.4) is 0 Å². The van der Waals surface area contributed by atoms with Crippen LogP contribution in [0.1, 0.15) is 44.9 Å². The van der Waals surface area contributed by atoms with Crippen LogP contribution in [0.15, 0.2) is 24.4 Å². The van der Waals surface area contributed by atoms with Gasteiger partial charge in [0.2, 0.25) is 5.91 Å². The van der Waals surface area contributed by atoms with Gasteiger partial charge in [0, 0.05) is 23.5 Å². The number of aromatic nitrogens is 1. The second kappa shape index (κ2) is 6.60. The number of rotatable bonds is 5. The van der Waals surface area contributed by atoms with Crippen molar-refractivity contribution in [3.05, 3.63) is 24.4 Å². The Morgan fingerprint density at radius 3 is 2.43 bits per heavy atom. The van der Waals surface area contributed by atoms with Crippen LogP contribution in [0.5, 0.6) is 0 Å². The maximum atomic E-state index is 13.2. The molecule has 0 spiro atoms. The first-order chi connectivity index (χ1) is 14.4. The molecule has 2 heterocycles. The topological polar surface area (TPSA) is 63.5 Å². The zero-order valence-electron chi connectivity index (χ0n) is 17.8. The first kappa shape index (κ1) is 18.9. The van der Waals surface area contributed by atoms with Crippen LogP contribution in [-0.4, -0.2) is 42.2 Å². The standard InChI is InChI=1S/C24H31BN2O3/c25-18-2-1-3-20-22(18)19(11-27(20)12-24(29)13-30-14-24)26-21(28)10-23-7-15-4-16(8-23)6-17(5-15)9-23/h1-3,11,15-17,29H,4-10,12-14,25H2,(H,26,28). The molecule has 7 rings (SSSR count). The minimum Gasteiger partial charge on any atom is -0.383 e. The lowest BCUT2D eigenvalue weighted by atomic mass is 9.49. The molecule has 5 fully saturated rings. The van der Waals surface area contributed by atoms with Gasteiger partial charge in [-0.05, 0) is 67.8 Å². The summed E-state index contributed by atoms with van der Waals surface area (Å²) in [4.78, 5) is 13.2. The summed E-state index contributed by atoms with van der Waals surface area (Å²) in [5, 5.41) is 14.9. The van der Waals surface area contributed by atoms with Gasteiger partial charge in [-0.1, -0.05) is 17.6 Å². The van der Waals surface area contributed by atoms with Crippen LogP contribution in [0.4, 0.5) is 5.69 Å². The van der Waals surface area contributed by atoms with Crippen LogP contribution < -0.4 is 10.8 Å². The number of nitrogens with one attached hydrogen (secondary N) is 1. The van der Waals surface area contributed by atoms with Crippen LogP contribution >= 0.6 is 0 Å². The number of anilines is 1. The number of amides is 1. The molecule has 2 N–H and O–H groups in total. The first-order valence-corrected chi connectivity index (χ1v) is 11.6. The predicted octanol–water partition coefficient (Wildman–Crippen LogP) is 2.21. The van der Waals surface area contributed by atoms with Gasteiger partial charge in [0.1, 0.15) is 13.4 Å². The predicted molar refractivity (Wildman–Crippen MR) is 120 cm³/mol. The number of hydrogen-bond acceptors (Lipinski definition) is 3. The molecule has 0 atom stereocenters. The third-order valence-electron chi connectivity index (χ3n) is 8.30. The van der Waals surface area contributed by atoms with Crippen molar-refractivity contribution in [1.29, 1.82) is 0 Å². The smallest absolute Gasteiger partial charge is 0.224 e. The Morgan fingerprint density at radius 2 is 1.83 bits per heavy atom. The quantitative estimate of drug-likeness (QED) is 0.749. The van der Waals surface area contributed by atoms with Crippen molar-refractivity contribution >= 4 is 35.8 Å². The van der Waals surface area contributed by atoms with Gasteiger partial charge in [0.25, 0.3) is 0 Å². The van der Waals surface area contributed by atoms with Gasteiger partial charge in [-0.15, -0.1) is 0 Å². The van der Waals surface area contributed by atoms with E-state index in [1.807, 2.05) is 12.3 Å². The molecule has 0 radical (unpaired) electrons. The van der Waals surface area contributed by atoms with E-state index >= 15 is 0 Å². The molecule has 1 amide bonds. The van der Waals surface area contributed by atoms with Crippen molar-refractivity contribution < 1.29 is 14.6 Å². The highest BCUT2D eigenvalue weighted by Crippen LogP contribution is 2.61. The molecular formula is C24H31BN2O3. The average Bonchev–Trinajstić information content (AvgIpc) is 2.97. The maximum Gasteiger partial charge on any atom is 0.224 e. The minimum absolute atomic E-state index is 0.157. The number of nitrogens with zero attached hydrogens (tertiary/aromatic N) is 1. The number of aliphatic hydroxyl groups is 1. The van der Waals surface area contributed by atoms with Crippen molar-refractivity contribution in [2.24, 2.45) is 23.2 Å². The summed E-state index contributed by atoms with van der Waals surface area (Å²) in [7, 11) is 2.09. The van der Waals surface area contributed by atoms with E-state index in [0.29, 0.717) is 26.2 Å². The number of carbonyl (C=O) groups excluding carboxylic acids is 1. The lowest BCUT2D eigenvalue weighted by Gasteiger charge is -2.56. The summed E-state index contributed by atoms with van der Waals surface area (Å²) in [6, 6.07) is 6.19. The summed E-state index contributed by atoms with van der Waals surface area (Å²) in [6.07, 6.45) is 10.6. The Bertz CT molecular complexity index is 974. The van der Waals surface area contributed by atoms with E-state index in [1.54, 1.807) is 0 Å². The number of hydrogen-bond donors (Lipinski definition) is 2. The molecule has 1 aromatic carbocycles.